The Kier molecular flexibility index (Phi) is 4.84. The highest BCUT2D eigenvalue weighted by molar-refractivity contribution is 5.78. The molecule has 24 heavy (non-hydrogen) atoms. The van der Waals surface area contributed by atoms with Crippen LogP contribution in [0.15, 0.2) is 48.5 Å². The van der Waals surface area contributed by atoms with E-state index in [1.807, 2.05) is 24.0 Å². The minimum atomic E-state index is -0.260. The number of amides is 1. The van der Waals surface area contributed by atoms with Crippen LogP contribution in [-0.2, 0) is 4.79 Å². The van der Waals surface area contributed by atoms with Crippen molar-refractivity contribution in [2.75, 3.05) is 6.54 Å². The van der Waals surface area contributed by atoms with Crippen LogP contribution >= 0.6 is 0 Å². The van der Waals surface area contributed by atoms with Gasteiger partial charge in [0.25, 0.3) is 0 Å². The van der Waals surface area contributed by atoms with Crippen molar-refractivity contribution in [1.82, 2.24) is 4.90 Å². The molecule has 126 valence electrons. The molecule has 3 nitrogen and oxygen atoms in total. The number of likely N-dealkylation sites (tertiary alicyclic amines) is 1. The molecule has 1 heterocycles. The van der Waals surface area contributed by atoms with Crippen LogP contribution in [0.4, 0.5) is 4.39 Å². The molecule has 1 N–H and O–H groups in total. The SMILES string of the molecule is C[C@@H](CC(=O)N1CCC[C@@H]1c1ccc(O)cc1)c1ccc(F)cc1. The summed E-state index contributed by atoms with van der Waals surface area (Å²) in [4.78, 5) is 14.7. The molecule has 4 heteroatoms. The van der Waals surface area contributed by atoms with E-state index in [2.05, 4.69) is 0 Å². The lowest BCUT2D eigenvalue weighted by Crippen LogP contribution is -2.31. The van der Waals surface area contributed by atoms with Gasteiger partial charge in [0.05, 0.1) is 6.04 Å². The van der Waals surface area contributed by atoms with Crippen LogP contribution in [0.2, 0.25) is 0 Å². The molecule has 1 aliphatic heterocycles. The predicted molar refractivity (Wildman–Crippen MR) is 91.2 cm³/mol. The smallest absolute Gasteiger partial charge is 0.223 e. The summed E-state index contributed by atoms with van der Waals surface area (Å²) in [7, 11) is 0. The topological polar surface area (TPSA) is 40.5 Å². The van der Waals surface area contributed by atoms with Crippen LogP contribution in [0.1, 0.15) is 49.3 Å². The number of aromatic hydroxyl groups is 1. The van der Waals surface area contributed by atoms with Crippen LogP contribution < -0.4 is 0 Å². The summed E-state index contributed by atoms with van der Waals surface area (Å²) in [6.07, 6.45) is 2.35. The fraction of sp³-hybridized carbons (Fsp3) is 0.350. The number of rotatable bonds is 4. The molecule has 0 spiro atoms. The monoisotopic (exact) mass is 327 g/mol. The number of carbonyl (C=O) groups excluding carboxylic acids is 1. The first kappa shape index (κ1) is 16.5. The van der Waals surface area contributed by atoms with Gasteiger partial charge in [-0.2, -0.15) is 0 Å². The Labute approximate surface area is 141 Å². The van der Waals surface area contributed by atoms with E-state index in [-0.39, 0.29) is 29.4 Å². The van der Waals surface area contributed by atoms with Gasteiger partial charge in [0, 0.05) is 13.0 Å². The molecule has 1 aliphatic rings. The molecular weight excluding hydrogens is 305 g/mol. The van der Waals surface area contributed by atoms with Crippen LogP contribution in [0, 0.1) is 5.82 Å². The van der Waals surface area contributed by atoms with Gasteiger partial charge in [-0.1, -0.05) is 31.2 Å². The molecule has 0 bridgehead atoms. The van der Waals surface area contributed by atoms with Crippen molar-refractivity contribution in [2.24, 2.45) is 0 Å². The van der Waals surface area contributed by atoms with Gasteiger partial charge >= 0.3 is 0 Å². The number of nitrogens with zero attached hydrogens (tertiary/aromatic N) is 1. The van der Waals surface area contributed by atoms with Crippen LogP contribution in [0.25, 0.3) is 0 Å². The summed E-state index contributed by atoms with van der Waals surface area (Å²) >= 11 is 0. The summed E-state index contributed by atoms with van der Waals surface area (Å²) in [6, 6.07) is 13.5. The zero-order valence-electron chi connectivity index (χ0n) is 13.8. The average Bonchev–Trinajstić information content (AvgIpc) is 3.06. The Hall–Kier alpha value is -2.36. The Bertz CT molecular complexity index is 697. The average molecular weight is 327 g/mol. The minimum Gasteiger partial charge on any atom is -0.508 e. The van der Waals surface area contributed by atoms with Gasteiger partial charge in [-0.3, -0.25) is 4.79 Å². The number of carbonyl (C=O) groups is 1. The number of hydrogen-bond acceptors (Lipinski definition) is 2. The highest BCUT2D eigenvalue weighted by Gasteiger charge is 2.30. The molecule has 1 fully saturated rings. The predicted octanol–water partition coefficient (Wildman–Crippen LogP) is 4.39. The standard InChI is InChI=1S/C20H22FNO2/c1-14(15-4-8-17(21)9-5-15)13-20(24)22-12-2-3-19(22)16-6-10-18(23)11-7-16/h4-11,14,19,23H,2-3,12-13H2,1H3/t14-,19+/m0/s1. The molecule has 3 rings (SSSR count). The van der Waals surface area contributed by atoms with E-state index in [0.717, 1.165) is 30.5 Å². The van der Waals surface area contributed by atoms with Gasteiger partial charge in [-0.05, 0) is 54.2 Å². The van der Waals surface area contributed by atoms with E-state index in [4.69, 9.17) is 0 Å². The number of hydrogen-bond donors (Lipinski definition) is 1. The van der Waals surface area contributed by atoms with E-state index in [0.29, 0.717) is 6.42 Å². The first-order valence-corrected chi connectivity index (χ1v) is 8.38. The molecule has 0 radical (unpaired) electrons. The van der Waals surface area contributed by atoms with Gasteiger partial charge in [0.1, 0.15) is 11.6 Å². The molecule has 1 saturated heterocycles. The van der Waals surface area contributed by atoms with Gasteiger partial charge in [-0.15, -0.1) is 0 Å². The van der Waals surface area contributed by atoms with Crippen molar-refractivity contribution >= 4 is 5.91 Å². The number of halogens is 1. The molecule has 0 saturated carbocycles. The molecule has 0 aliphatic carbocycles. The fourth-order valence-corrected chi connectivity index (χ4v) is 3.40. The van der Waals surface area contributed by atoms with Gasteiger partial charge < -0.3 is 10.0 Å². The van der Waals surface area contributed by atoms with Crippen LogP contribution in [0.3, 0.4) is 0 Å². The third-order valence-electron chi connectivity index (χ3n) is 4.77. The van der Waals surface area contributed by atoms with Crippen molar-refractivity contribution in [1.29, 1.82) is 0 Å². The number of benzene rings is 2. The largest absolute Gasteiger partial charge is 0.508 e. The second-order valence-corrected chi connectivity index (χ2v) is 6.49. The van der Waals surface area contributed by atoms with E-state index in [1.54, 1.807) is 24.3 Å². The molecule has 0 aromatic heterocycles. The fourth-order valence-electron chi connectivity index (χ4n) is 3.40. The lowest BCUT2D eigenvalue weighted by atomic mass is 9.96. The van der Waals surface area contributed by atoms with Crippen molar-refractivity contribution in [3.05, 3.63) is 65.5 Å². The zero-order chi connectivity index (χ0) is 17.1. The third kappa shape index (κ3) is 3.58. The summed E-state index contributed by atoms with van der Waals surface area (Å²) in [6.45, 7) is 2.76. The van der Waals surface area contributed by atoms with Gasteiger partial charge in [0.15, 0.2) is 0 Å². The maximum absolute atomic E-state index is 13.0. The van der Waals surface area contributed by atoms with E-state index >= 15 is 0 Å². The highest BCUT2D eigenvalue weighted by Crippen LogP contribution is 2.34. The van der Waals surface area contributed by atoms with E-state index in [9.17, 15) is 14.3 Å². The molecule has 2 aromatic carbocycles. The van der Waals surface area contributed by atoms with Crippen molar-refractivity contribution < 1.29 is 14.3 Å². The Morgan fingerprint density at radius 1 is 1.21 bits per heavy atom. The highest BCUT2D eigenvalue weighted by atomic mass is 19.1. The number of phenols is 1. The Morgan fingerprint density at radius 3 is 2.54 bits per heavy atom. The van der Waals surface area contributed by atoms with Gasteiger partial charge in [0.2, 0.25) is 5.91 Å². The van der Waals surface area contributed by atoms with Crippen LogP contribution in [0.5, 0.6) is 5.75 Å². The molecule has 0 unspecified atom stereocenters. The van der Waals surface area contributed by atoms with E-state index in [1.165, 1.54) is 12.1 Å². The maximum atomic E-state index is 13.0. The lowest BCUT2D eigenvalue weighted by Gasteiger charge is -2.26. The first-order chi connectivity index (χ1) is 11.5. The normalized spacial score (nSPS) is 18.6. The van der Waals surface area contributed by atoms with Crippen molar-refractivity contribution in [3.63, 3.8) is 0 Å². The number of phenolic OH excluding ortho intramolecular Hbond substituents is 1. The molecular formula is C20H22FNO2. The molecule has 1 amide bonds. The summed E-state index contributed by atoms with van der Waals surface area (Å²) in [5, 5.41) is 9.43. The van der Waals surface area contributed by atoms with Crippen molar-refractivity contribution in [2.45, 2.75) is 38.1 Å². The summed E-state index contributed by atoms with van der Waals surface area (Å²) in [5.41, 5.74) is 2.04. The quantitative estimate of drug-likeness (QED) is 0.905. The van der Waals surface area contributed by atoms with Gasteiger partial charge in [-0.25, -0.2) is 4.39 Å². The maximum Gasteiger partial charge on any atom is 0.223 e. The second-order valence-electron chi connectivity index (χ2n) is 6.49. The Balaban J connectivity index is 1.69. The van der Waals surface area contributed by atoms with Crippen LogP contribution in [-0.4, -0.2) is 22.5 Å². The zero-order valence-corrected chi connectivity index (χ0v) is 13.8. The summed E-state index contributed by atoms with van der Waals surface area (Å²) < 4.78 is 13.0. The molecule has 2 aromatic rings. The minimum absolute atomic E-state index is 0.0548. The molecule has 2 atom stereocenters. The lowest BCUT2D eigenvalue weighted by molar-refractivity contribution is -0.132. The van der Waals surface area contributed by atoms with Crippen molar-refractivity contribution in [3.8, 4) is 5.75 Å². The van der Waals surface area contributed by atoms with E-state index < -0.39 is 0 Å². The Morgan fingerprint density at radius 2 is 1.88 bits per heavy atom. The summed E-state index contributed by atoms with van der Waals surface area (Å²) in [5.74, 6) is 0.158. The second kappa shape index (κ2) is 7.04. The first-order valence-electron chi connectivity index (χ1n) is 8.38. The third-order valence-corrected chi connectivity index (χ3v) is 4.77.